The van der Waals surface area contributed by atoms with Crippen molar-refractivity contribution in [3.63, 3.8) is 0 Å². The highest BCUT2D eigenvalue weighted by Crippen LogP contribution is 2.32. The van der Waals surface area contributed by atoms with Crippen LogP contribution in [0.15, 0.2) is 66.9 Å². The van der Waals surface area contributed by atoms with E-state index >= 15 is 0 Å². The predicted molar refractivity (Wildman–Crippen MR) is 105 cm³/mol. The van der Waals surface area contributed by atoms with Crippen molar-refractivity contribution in [2.75, 3.05) is 22.9 Å². The summed E-state index contributed by atoms with van der Waals surface area (Å²) in [6.45, 7) is 3.99. The fourth-order valence-corrected chi connectivity index (χ4v) is 3.35. The molecule has 5 heteroatoms. The molecule has 0 atom stereocenters. The van der Waals surface area contributed by atoms with Crippen LogP contribution in [0.4, 0.5) is 15.9 Å². The molecule has 0 aliphatic carbocycles. The van der Waals surface area contributed by atoms with Gasteiger partial charge in [-0.3, -0.25) is 4.79 Å². The molecule has 3 aromatic rings. The van der Waals surface area contributed by atoms with Crippen molar-refractivity contribution in [1.82, 2.24) is 4.98 Å². The summed E-state index contributed by atoms with van der Waals surface area (Å²) in [5.41, 5.74) is 3.52. The van der Waals surface area contributed by atoms with Gasteiger partial charge in [0.2, 0.25) is 0 Å². The van der Waals surface area contributed by atoms with E-state index in [4.69, 9.17) is 0 Å². The van der Waals surface area contributed by atoms with Gasteiger partial charge in [-0.1, -0.05) is 35.9 Å². The molecule has 2 aromatic carbocycles. The number of hydrogen-bond acceptors (Lipinski definition) is 3. The molecule has 1 amide bonds. The van der Waals surface area contributed by atoms with E-state index in [0.717, 1.165) is 18.1 Å². The van der Waals surface area contributed by atoms with Gasteiger partial charge in [-0.25, -0.2) is 9.37 Å². The monoisotopic (exact) mass is 361 g/mol. The first-order valence-electron chi connectivity index (χ1n) is 8.95. The van der Waals surface area contributed by atoms with Crippen molar-refractivity contribution in [2.24, 2.45) is 0 Å². The lowest BCUT2D eigenvalue weighted by Crippen LogP contribution is -2.44. The summed E-state index contributed by atoms with van der Waals surface area (Å²) in [5, 5.41) is 0. The first kappa shape index (κ1) is 17.2. The van der Waals surface area contributed by atoms with E-state index in [1.807, 2.05) is 12.1 Å². The number of carbonyl (C=O) groups excluding carboxylic acids is 1. The first-order valence-corrected chi connectivity index (χ1v) is 8.95. The van der Waals surface area contributed by atoms with Crippen molar-refractivity contribution in [1.29, 1.82) is 0 Å². The van der Waals surface area contributed by atoms with Crippen LogP contribution in [-0.2, 0) is 6.54 Å². The quantitative estimate of drug-likeness (QED) is 0.702. The molecule has 2 heterocycles. The number of carbonyl (C=O) groups is 1. The molecule has 0 spiro atoms. The third kappa shape index (κ3) is 3.53. The number of benzene rings is 2. The fourth-order valence-electron chi connectivity index (χ4n) is 3.35. The molecule has 0 unspecified atom stereocenters. The lowest BCUT2D eigenvalue weighted by Gasteiger charge is -2.36. The highest BCUT2D eigenvalue weighted by atomic mass is 19.1. The summed E-state index contributed by atoms with van der Waals surface area (Å²) < 4.78 is 13.5. The molecule has 0 radical (unpaired) electrons. The van der Waals surface area contributed by atoms with E-state index in [9.17, 15) is 9.18 Å². The number of hydrogen-bond donors (Lipinski definition) is 0. The number of fused-ring (bicyclic) bond motifs is 1. The Bertz CT molecular complexity index is 971. The fraction of sp³-hybridized carbons (Fsp3) is 0.182. The van der Waals surface area contributed by atoms with Crippen molar-refractivity contribution in [2.45, 2.75) is 13.5 Å². The lowest BCUT2D eigenvalue weighted by molar-refractivity contribution is 0.0986. The Labute approximate surface area is 157 Å². The van der Waals surface area contributed by atoms with Crippen molar-refractivity contribution in [3.8, 4) is 0 Å². The van der Waals surface area contributed by atoms with E-state index in [1.165, 1.54) is 23.3 Å². The van der Waals surface area contributed by atoms with Gasteiger partial charge in [0.25, 0.3) is 5.91 Å². The molecule has 0 fully saturated rings. The van der Waals surface area contributed by atoms with E-state index in [1.54, 1.807) is 23.2 Å². The van der Waals surface area contributed by atoms with Gasteiger partial charge in [-0.15, -0.1) is 0 Å². The molecule has 136 valence electrons. The topological polar surface area (TPSA) is 36.4 Å². The molecular formula is C22H20FN3O. The minimum Gasteiger partial charge on any atom is -0.349 e. The number of amides is 1. The SMILES string of the molecule is Cc1ccc(CN2CCN(C(=O)c3cccc(F)c3)c3cccnc32)cc1. The minimum atomic E-state index is -0.412. The number of halogens is 1. The molecule has 1 aliphatic heterocycles. The maximum atomic E-state index is 13.5. The molecule has 0 bridgehead atoms. The summed E-state index contributed by atoms with van der Waals surface area (Å²) in [4.78, 5) is 21.3. The Morgan fingerprint density at radius 2 is 1.89 bits per heavy atom. The average molecular weight is 361 g/mol. The molecule has 27 heavy (non-hydrogen) atoms. The van der Waals surface area contributed by atoms with E-state index in [-0.39, 0.29) is 5.91 Å². The second-order valence-electron chi connectivity index (χ2n) is 6.72. The van der Waals surface area contributed by atoms with Gasteiger partial charge in [0.1, 0.15) is 5.82 Å². The number of anilines is 2. The van der Waals surface area contributed by atoms with Crippen LogP contribution in [0.2, 0.25) is 0 Å². The number of aromatic nitrogens is 1. The number of aryl methyl sites for hydroxylation is 1. The van der Waals surface area contributed by atoms with Gasteiger partial charge >= 0.3 is 0 Å². The van der Waals surface area contributed by atoms with Crippen LogP contribution < -0.4 is 9.80 Å². The number of pyridine rings is 1. The molecule has 1 aliphatic rings. The van der Waals surface area contributed by atoms with Gasteiger partial charge in [-0.2, -0.15) is 0 Å². The third-order valence-corrected chi connectivity index (χ3v) is 4.76. The largest absolute Gasteiger partial charge is 0.349 e. The van der Waals surface area contributed by atoms with Crippen LogP contribution in [0.3, 0.4) is 0 Å². The Kier molecular flexibility index (Phi) is 4.59. The molecular weight excluding hydrogens is 341 g/mol. The molecule has 4 nitrogen and oxygen atoms in total. The van der Waals surface area contributed by atoms with E-state index in [0.29, 0.717) is 18.7 Å². The standard InChI is InChI=1S/C22H20FN3O/c1-16-7-9-17(10-8-16)15-25-12-13-26(20-6-3-11-24-21(20)25)22(27)18-4-2-5-19(23)14-18/h2-11,14H,12-13,15H2,1H3. The van der Waals surface area contributed by atoms with Crippen molar-refractivity contribution < 1.29 is 9.18 Å². The zero-order valence-electron chi connectivity index (χ0n) is 15.1. The maximum absolute atomic E-state index is 13.5. The zero-order valence-corrected chi connectivity index (χ0v) is 15.1. The Balaban J connectivity index is 1.63. The summed E-state index contributed by atoms with van der Waals surface area (Å²) in [5.74, 6) is 0.151. The van der Waals surface area contributed by atoms with Crippen LogP contribution in [-0.4, -0.2) is 24.0 Å². The second-order valence-corrected chi connectivity index (χ2v) is 6.72. The second kappa shape index (κ2) is 7.19. The maximum Gasteiger partial charge on any atom is 0.258 e. The van der Waals surface area contributed by atoms with Crippen LogP contribution in [0, 0.1) is 12.7 Å². The normalized spacial score (nSPS) is 13.4. The van der Waals surface area contributed by atoms with Crippen LogP contribution in [0.1, 0.15) is 21.5 Å². The third-order valence-electron chi connectivity index (χ3n) is 4.76. The zero-order chi connectivity index (χ0) is 18.8. The van der Waals surface area contributed by atoms with Crippen molar-refractivity contribution >= 4 is 17.4 Å². The Morgan fingerprint density at radius 1 is 1.07 bits per heavy atom. The molecule has 0 saturated carbocycles. The first-order chi connectivity index (χ1) is 13.1. The predicted octanol–water partition coefficient (Wildman–Crippen LogP) is 4.20. The molecule has 0 N–H and O–H groups in total. The Morgan fingerprint density at radius 3 is 2.67 bits per heavy atom. The summed E-state index contributed by atoms with van der Waals surface area (Å²) >= 11 is 0. The van der Waals surface area contributed by atoms with E-state index in [2.05, 4.69) is 41.1 Å². The molecule has 4 rings (SSSR count). The van der Waals surface area contributed by atoms with Gasteiger partial charge in [-0.05, 0) is 42.8 Å². The highest BCUT2D eigenvalue weighted by Gasteiger charge is 2.28. The summed E-state index contributed by atoms with van der Waals surface area (Å²) in [6, 6.07) is 17.9. The summed E-state index contributed by atoms with van der Waals surface area (Å²) in [6.07, 6.45) is 1.73. The minimum absolute atomic E-state index is 0.210. The smallest absolute Gasteiger partial charge is 0.258 e. The van der Waals surface area contributed by atoms with Crippen LogP contribution in [0.5, 0.6) is 0 Å². The molecule has 0 saturated heterocycles. The van der Waals surface area contributed by atoms with Gasteiger partial charge in [0.15, 0.2) is 5.82 Å². The Hall–Kier alpha value is -3.21. The van der Waals surface area contributed by atoms with E-state index < -0.39 is 5.82 Å². The molecule has 1 aromatic heterocycles. The van der Waals surface area contributed by atoms with Gasteiger partial charge in [0.05, 0.1) is 5.69 Å². The van der Waals surface area contributed by atoms with Crippen LogP contribution >= 0.6 is 0 Å². The number of nitrogens with zero attached hydrogens (tertiary/aromatic N) is 3. The highest BCUT2D eigenvalue weighted by molar-refractivity contribution is 6.08. The number of rotatable bonds is 3. The van der Waals surface area contributed by atoms with Crippen molar-refractivity contribution in [3.05, 3.63) is 89.4 Å². The van der Waals surface area contributed by atoms with Crippen LogP contribution in [0.25, 0.3) is 0 Å². The lowest BCUT2D eigenvalue weighted by atomic mass is 10.1. The summed E-state index contributed by atoms with van der Waals surface area (Å²) in [7, 11) is 0. The average Bonchev–Trinajstić information content (AvgIpc) is 2.69. The van der Waals surface area contributed by atoms with Gasteiger partial charge in [0, 0.05) is 31.4 Å². The van der Waals surface area contributed by atoms with Gasteiger partial charge < -0.3 is 9.80 Å².